The molecule has 0 bridgehead atoms. The quantitative estimate of drug-likeness (QED) is 0.825. The number of fused-ring (bicyclic) bond motifs is 1. The summed E-state index contributed by atoms with van der Waals surface area (Å²) in [6.45, 7) is 18.1. The van der Waals surface area contributed by atoms with Crippen LogP contribution in [0.3, 0.4) is 0 Å². The molecule has 1 saturated heterocycles. The molecule has 23 heavy (non-hydrogen) atoms. The van der Waals surface area contributed by atoms with E-state index >= 15 is 0 Å². The summed E-state index contributed by atoms with van der Waals surface area (Å²) in [4.78, 5) is 9.87. The van der Waals surface area contributed by atoms with Gasteiger partial charge in [-0.3, -0.25) is 0 Å². The summed E-state index contributed by atoms with van der Waals surface area (Å²) in [5, 5.41) is 0. The third-order valence-electron chi connectivity index (χ3n) is 5.08. The average molecular weight is 307 g/mol. The number of H-pyrrole nitrogens is 1. The molecule has 1 aromatic carbocycles. The highest BCUT2D eigenvalue weighted by Gasteiger charge is 2.30. The van der Waals surface area contributed by atoms with Gasteiger partial charge < -0.3 is 9.88 Å². The summed E-state index contributed by atoms with van der Waals surface area (Å²) < 4.78 is 0. The van der Waals surface area contributed by atoms with Gasteiger partial charge in [0.15, 0.2) is 0 Å². The van der Waals surface area contributed by atoms with Gasteiger partial charge in [-0.25, -0.2) is 4.98 Å². The van der Waals surface area contributed by atoms with Gasteiger partial charge in [0.1, 0.15) is 0 Å². The zero-order chi connectivity index (χ0) is 16.6. The molecule has 3 heteroatoms. The molecule has 0 saturated carbocycles. The smallest absolute Gasteiger partial charge is 0.0931 e. The Kier molecular flexibility index (Phi) is 4.12. The van der Waals surface area contributed by atoms with Crippen molar-refractivity contribution in [2.45, 2.75) is 32.7 Å². The number of hydrogen-bond acceptors (Lipinski definition) is 2. The maximum Gasteiger partial charge on any atom is 0.0931 e. The molecule has 1 fully saturated rings. The van der Waals surface area contributed by atoms with Gasteiger partial charge in [-0.15, -0.1) is 0 Å². The van der Waals surface area contributed by atoms with Crippen LogP contribution in [0.5, 0.6) is 0 Å². The molecule has 2 heterocycles. The molecule has 0 aliphatic carbocycles. The minimum absolute atomic E-state index is 0.387. The van der Waals surface area contributed by atoms with Gasteiger partial charge >= 0.3 is 0 Å². The molecule has 120 valence electrons. The topological polar surface area (TPSA) is 31.9 Å². The van der Waals surface area contributed by atoms with E-state index < -0.39 is 0 Å². The largest absolute Gasteiger partial charge is 0.368 e. The molecule has 0 radical (unpaired) electrons. The van der Waals surface area contributed by atoms with Crippen molar-refractivity contribution < 1.29 is 0 Å². The molecule has 3 rings (SSSR count). The highest BCUT2D eigenvalue weighted by Crippen LogP contribution is 2.35. The number of likely N-dealkylation sites (tertiary alicyclic amines) is 1. The van der Waals surface area contributed by atoms with Crippen LogP contribution in [-0.4, -0.2) is 27.5 Å². The third kappa shape index (κ3) is 2.83. The highest BCUT2D eigenvalue weighted by molar-refractivity contribution is 5.79. The summed E-state index contributed by atoms with van der Waals surface area (Å²) in [6, 6.07) is 6.67. The molecule has 1 N–H and O–H groups in total. The molecule has 0 spiro atoms. The molecular weight excluding hydrogens is 282 g/mol. The second-order valence-corrected chi connectivity index (χ2v) is 6.57. The monoisotopic (exact) mass is 307 g/mol. The number of hydrogen-bond donors (Lipinski definition) is 1. The number of nitrogens with zero attached hydrogens (tertiary/aromatic N) is 2. The number of benzene rings is 1. The fourth-order valence-corrected chi connectivity index (χ4v) is 3.59. The Morgan fingerprint density at radius 3 is 2.83 bits per heavy atom. The van der Waals surface area contributed by atoms with Crippen molar-refractivity contribution in [2.75, 3.05) is 6.54 Å². The van der Waals surface area contributed by atoms with Crippen molar-refractivity contribution in [1.29, 1.82) is 0 Å². The maximum atomic E-state index is 4.37. The van der Waals surface area contributed by atoms with Crippen molar-refractivity contribution >= 4 is 16.7 Å². The molecule has 2 atom stereocenters. The summed E-state index contributed by atoms with van der Waals surface area (Å²) in [7, 11) is 0. The molecule has 2 aromatic rings. The van der Waals surface area contributed by atoms with E-state index in [9.17, 15) is 0 Å². The van der Waals surface area contributed by atoms with Crippen molar-refractivity contribution in [3.05, 3.63) is 61.0 Å². The van der Waals surface area contributed by atoms with Crippen LogP contribution in [0.4, 0.5) is 0 Å². The maximum absolute atomic E-state index is 4.37. The second-order valence-electron chi connectivity index (χ2n) is 6.57. The summed E-state index contributed by atoms with van der Waals surface area (Å²) in [5.41, 5.74) is 6.54. The van der Waals surface area contributed by atoms with E-state index in [-0.39, 0.29) is 0 Å². The second kappa shape index (κ2) is 6.07. The van der Waals surface area contributed by atoms with Crippen LogP contribution >= 0.6 is 0 Å². The van der Waals surface area contributed by atoms with Crippen LogP contribution in [0.25, 0.3) is 16.7 Å². The van der Waals surface area contributed by atoms with E-state index in [1.165, 1.54) is 12.0 Å². The Morgan fingerprint density at radius 1 is 1.30 bits per heavy atom. The van der Waals surface area contributed by atoms with Gasteiger partial charge in [-0.1, -0.05) is 31.4 Å². The predicted molar refractivity (Wildman–Crippen MR) is 98.0 cm³/mol. The van der Waals surface area contributed by atoms with Gasteiger partial charge in [0.2, 0.25) is 0 Å². The van der Waals surface area contributed by atoms with Crippen LogP contribution in [0, 0.1) is 5.92 Å². The van der Waals surface area contributed by atoms with Crippen molar-refractivity contribution in [3.63, 3.8) is 0 Å². The number of aromatic nitrogens is 2. The van der Waals surface area contributed by atoms with E-state index in [4.69, 9.17) is 0 Å². The molecule has 0 amide bonds. The minimum Gasteiger partial charge on any atom is -0.368 e. The van der Waals surface area contributed by atoms with E-state index in [0.717, 1.165) is 40.8 Å². The molecule has 1 aliphatic rings. The summed E-state index contributed by atoms with van der Waals surface area (Å²) in [5.74, 6) is 0.453. The molecule has 3 nitrogen and oxygen atoms in total. The Labute approximate surface area is 138 Å². The van der Waals surface area contributed by atoms with E-state index in [1.54, 1.807) is 6.33 Å². The minimum atomic E-state index is 0.387. The van der Waals surface area contributed by atoms with Crippen LogP contribution in [-0.2, 0) is 0 Å². The third-order valence-corrected chi connectivity index (χ3v) is 5.08. The fraction of sp³-hybridized carbons (Fsp3) is 0.350. The Morgan fingerprint density at radius 2 is 2.09 bits per heavy atom. The van der Waals surface area contributed by atoms with E-state index in [2.05, 4.69) is 60.6 Å². The van der Waals surface area contributed by atoms with Crippen molar-refractivity contribution in [2.24, 2.45) is 5.92 Å². The normalized spacial score (nSPS) is 21.4. The number of allylic oxidation sites excluding steroid dienone is 1. The lowest BCUT2D eigenvalue weighted by atomic mass is 9.82. The number of imidazole rings is 1. The van der Waals surface area contributed by atoms with Crippen molar-refractivity contribution in [1.82, 2.24) is 14.9 Å². The van der Waals surface area contributed by atoms with Crippen LogP contribution in [0.1, 0.15) is 32.3 Å². The Hall–Kier alpha value is -2.29. The van der Waals surface area contributed by atoms with Gasteiger partial charge in [0, 0.05) is 24.2 Å². The van der Waals surface area contributed by atoms with E-state index in [0.29, 0.717) is 12.0 Å². The van der Waals surface area contributed by atoms with Gasteiger partial charge in [-0.05, 0) is 50.0 Å². The first-order chi connectivity index (χ1) is 11.0. The first kappa shape index (κ1) is 15.6. The lowest BCUT2D eigenvalue weighted by Gasteiger charge is -2.43. The zero-order valence-corrected chi connectivity index (χ0v) is 14.1. The molecular formula is C20H25N3. The Balaban J connectivity index is 1.85. The molecule has 2 unspecified atom stereocenters. The number of piperidine rings is 1. The predicted octanol–water partition coefficient (Wildman–Crippen LogP) is 4.77. The van der Waals surface area contributed by atoms with Gasteiger partial charge in [-0.2, -0.15) is 0 Å². The lowest BCUT2D eigenvalue weighted by Crippen LogP contribution is -2.42. The summed E-state index contributed by atoms with van der Waals surface area (Å²) >= 11 is 0. The van der Waals surface area contributed by atoms with Gasteiger partial charge in [0.25, 0.3) is 0 Å². The summed E-state index contributed by atoms with van der Waals surface area (Å²) in [6.07, 6.45) is 4.07. The zero-order valence-electron chi connectivity index (χ0n) is 14.1. The van der Waals surface area contributed by atoms with Gasteiger partial charge in [0.05, 0.1) is 17.4 Å². The van der Waals surface area contributed by atoms with Crippen LogP contribution in [0.15, 0.2) is 55.4 Å². The van der Waals surface area contributed by atoms with E-state index in [1.807, 2.05) is 6.07 Å². The first-order valence-corrected chi connectivity index (χ1v) is 8.22. The Bertz CT molecular complexity index is 768. The van der Waals surface area contributed by atoms with Crippen LogP contribution < -0.4 is 0 Å². The number of nitrogens with one attached hydrogen (secondary N) is 1. The van der Waals surface area contributed by atoms with Crippen LogP contribution in [0.2, 0.25) is 0 Å². The molecule has 1 aromatic heterocycles. The first-order valence-electron chi connectivity index (χ1n) is 8.22. The standard InChI is InChI=1S/C20H25N3/c1-13(2)14(3)18-7-6-10-23(16(18)5)15(4)17-8-9-19-20(11-17)22-12-21-19/h8-9,11-12,16,18H,1,3-4,6-7,10H2,2,5H3,(H,21,22). The fourth-order valence-electron chi connectivity index (χ4n) is 3.59. The number of rotatable bonds is 4. The molecule has 1 aliphatic heterocycles. The number of aromatic amines is 1. The average Bonchev–Trinajstić information content (AvgIpc) is 3.01. The SMILES string of the molecule is C=C(C)C(=C)C1CCCN(C(=C)c2ccc3nc[nH]c3c2)C1C. The lowest BCUT2D eigenvalue weighted by molar-refractivity contribution is 0.192. The van der Waals surface area contributed by atoms with Crippen molar-refractivity contribution in [3.8, 4) is 0 Å². The highest BCUT2D eigenvalue weighted by atomic mass is 15.2.